The number of ether oxygens (including phenoxy) is 2. The van der Waals surface area contributed by atoms with E-state index in [4.69, 9.17) is 9.47 Å². The Bertz CT molecular complexity index is 349. The van der Waals surface area contributed by atoms with Crippen LogP contribution in [0.1, 0.15) is 17.8 Å². The van der Waals surface area contributed by atoms with Crippen molar-refractivity contribution in [1.82, 2.24) is 10.3 Å². The molecular weight excluding hydrogens is 204 g/mol. The Morgan fingerprint density at radius 3 is 3.12 bits per heavy atom. The number of rotatable bonds is 4. The third-order valence-corrected chi connectivity index (χ3v) is 2.72. The molecule has 1 atom stereocenters. The lowest BCUT2D eigenvalue weighted by molar-refractivity contribution is 0.189. The Morgan fingerprint density at radius 1 is 1.56 bits per heavy atom. The monoisotopic (exact) mass is 222 g/mol. The van der Waals surface area contributed by atoms with Crippen molar-refractivity contribution in [3.8, 4) is 5.75 Å². The van der Waals surface area contributed by atoms with Crippen LogP contribution in [0.25, 0.3) is 0 Å². The standard InChI is InChI=1S/C12H18N2O2/c1-9-5-12(15-2)6-11(14-9)7-13-10-3-4-16-8-10/h5-6,10,13H,3-4,7-8H2,1-2H3. The van der Waals surface area contributed by atoms with Crippen molar-refractivity contribution in [2.45, 2.75) is 25.9 Å². The van der Waals surface area contributed by atoms with Gasteiger partial charge in [0.05, 0.1) is 19.4 Å². The van der Waals surface area contributed by atoms with Gasteiger partial charge in [-0.2, -0.15) is 0 Å². The Labute approximate surface area is 96.0 Å². The van der Waals surface area contributed by atoms with E-state index in [0.717, 1.165) is 43.3 Å². The number of aromatic nitrogens is 1. The minimum Gasteiger partial charge on any atom is -0.497 e. The highest BCUT2D eigenvalue weighted by molar-refractivity contribution is 5.26. The molecule has 0 saturated carbocycles. The molecule has 2 rings (SSSR count). The minimum absolute atomic E-state index is 0.466. The van der Waals surface area contributed by atoms with Crippen LogP contribution < -0.4 is 10.1 Å². The number of pyridine rings is 1. The second kappa shape index (κ2) is 5.27. The number of nitrogens with zero attached hydrogens (tertiary/aromatic N) is 1. The van der Waals surface area contributed by atoms with Crippen LogP contribution in [-0.4, -0.2) is 31.3 Å². The van der Waals surface area contributed by atoms with E-state index >= 15 is 0 Å². The molecule has 0 radical (unpaired) electrons. The highest BCUT2D eigenvalue weighted by Gasteiger charge is 2.14. The Balaban J connectivity index is 1.94. The molecule has 1 saturated heterocycles. The largest absolute Gasteiger partial charge is 0.497 e. The van der Waals surface area contributed by atoms with Gasteiger partial charge in [-0.25, -0.2) is 0 Å². The SMILES string of the molecule is COc1cc(C)nc(CNC2CCOC2)c1. The van der Waals surface area contributed by atoms with Gasteiger partial charge in [0.25, 0.3) is 0 Å². The lowest BCUT2D eigenvalue weighted by Gasteiger charge is -2.11. The van der Waals surface area contributed by atoms with E-state index in [1.165, 1.54) is 0 Å². The zero-order valence-electron chi connectivity index (χ0n) is 9.82. The molecule has 1 aromatic rings. The van der Waals surface area contributed by atoms with Gasteiger partial charge in [-0.1, -0.05) is 0 Å². The molecule has 2 heterocycles. The summed E-state index contributed by atoms with van der Waals surface area (Å²) in [5.41, 5.74) is 2.00. The smallest absolute Gasteiger partial charge is 0.122 e. The zero-order chi connectivity index (χ0) is 11.4. The van der Waals surface area contributed by atoms with Crippen LogP contribution >= 0.6 is 0 Å². The number of aryl methyl sites for hydroxylation is 1. The van der Waals surface area contributed by atoms with Crippen molar-refractivity contribution in [2.24, 2.45) is 0 Å². The van der Waals surface area contributed by atoms with Gasteiger partial charge in [0.1, 0.15) is 5.75 Å². The van der Waals surface area contributed by atoms with Crippen molar-refractivity contribution < 1.29 is 9.47 Å². The molecule has 1 N–H and O–H groups in total. The van der Waals surface area contributed by atoms with E-state index < -0.39 is 0 Å². The molecular formula is C12H18N2O2. The topological polar surface area (TPSA) is 43.4 Å². The third kappa shape index (κ3) is 2.93. The lowest BCUT2D eigenvalue weighted by atomic mass is 10.2. The van der Waals surface area contributed by atoms with E-state index in [0.29, 0.717) is 6.04 Å². The van der Waals surface area contributed by atoms with Crippen molar-refractivity contribution in [2.75, 3.05) is 20.3 Å². The zero-order valence-corrected chi connectivity index (χ0v) is 9.82. The first-order valence-corrected chi connectivity index (χ1v) is 5.60. The van der Waals surface area contributed by atoms with Crippen LogP contribution in [0.3, 0.4) is 0 Å². The summed E-state index contributed by atoms with van der Waals surface area (Å²) in [7, 11) is 1.68. The van der Waals surface area contributed by atoms with E-state index in [1.54, 1.807) is 7.11 Å². The summed E-state index contributed by atoms with van der Waals surface area (Å²) in [5.74, 6) is 0.868. The van der Waals surface area contributed by atoms with Crippen LogP contribution in [0, 0.1) is 6.92 Å². The first-order valence-electron chi connectivity index (χ1n) is 5.60. The van der Waals surface area contributed by atoms with E-state index in [1.807, 2.05) is 19.1 Å². The predicted molar refractivity (Wildman–Crippen MR) is 61.6 cm³/mol. The summed E-state index contributed by atoms with van der Waals surface area (Å²) in [6.07, 6.45) is 1.09. The molecule has 0 bridgehead atoms. The van der Waals surface area contributed by atoms with Crippen LogP contribution in [0.4, 0.5) is 0 Å². The Morgan fingerprint density at radius 2 is 2.44 bits per heavy atom. The number of hydrogen-bond donors (Lipinski definition) is 1. The highest BCUT2D eigenvalue weighted by atomic mass is 16.5. The van der Waals surface area contributed by atoms with Gasteiger partial charge in [-0.05, 0) is 13.3 Å². The third-order valence-electron chi connectivity index (χ3n) is 2.72. The van der Waals surface area contributed by atoms with Crippen molar-refractivity contribution >= 4 is 0 Å². The fourth-order valence-corrected chi connectivity index (χ4v) is 1.86. The molecule has 4 heteroatoms. The van der Waals surface area contributed by atoms with Gasteiger partial charge in [-0.15, -0.1) is 0 Å². The quantitative estimate of drug-likeness (QED) is 0.833. The fraction of sp³-hybridized carbons (Fsp3) is 0.583. The Hall–Kier alpha value is -1.13. The average molecular weight is 222 g/mol. The molecule has 0 spiro atoms. The molecule has 0 aliphatic carbocycles. The molecule has 0 amide bonds. The number of hydrogen-bond acceptors (Lipinski definition) is 4. The second-order valence-electron chi connectivity index (χ2n) is 4.08. The fourth-order valence-electron chi connectivity index (χ4n) is 1.86. The highest BCUT2D eigenvalue weighted by Crippen LogP contribution is 2.13. The van der Waals surface area contributed by atoms with Crippen molar-refractivity contribution in [3.05, 3.63) is 23.5 Å². The lowest BCUT2D eigenvalue weighted by Crippen LogP contribution is -2.28. The van der Waals surface area contributed by atoms with E-state index in [-0.39, 0.29) is 0 Å². The van der Waals surface area contributed by atoms with Crippen molar-refractivity contribution in [1.29, 1.82) is 0 Å². The summed E-state index contributed by atoms with van der Waals surface area (Å²) in [6.45, 7) is 4.42. The first kappa shape index (κ1) is 11.4. The van der Waals surface area contributed by atoms with Gasteiger partial charge in [0.2, 0.25) is 0 Å². The average Bonchev–Trinajstić information content (AvgIpc) is 2.78. The van der Waals surface area contributed by atoms with Crippen LogP contribution in [-0.2, 0) is 11.3 Å². The molecule has 1 aliphatic heterocycles. The van der Waals surface area contributed by atoms with Crippen molar-refractivity contribution in [3.63, 3.8) is 0 Å². The Kier molecular flexibility index (Phi) is 3.74. The molecule has 88 valence electrons. The van der Waals surface area contributed by atoms with Gasteiger partial charge in [0.15, 0.2) is 0 Å². The normalized spacial score (nSPS) is 20.0. The summed E-state index contributed by atoms with van der Waals surface area (Å²) in [6, 6.07) is 4.37. The van der Waals surface area contributed by atoms with Gasteiger partial charge < -0.3 is 14.8 Å². The molecule has 0 aromatic carbocycles. The second-order valence-corrected chi connectivity index (χ2v) is 4.08. The molecule has 1 unspecified atom stereocenters. The number of nitrogens with one attached hydrogen (secondary N) is 1. The predicted octanol–water partition coefficient (Wildman–Crippen LogP) is 1.28. The van der Waals surface area contributed by atoms with E-state index in [9.17, 15) is 0 Å². The van der Waals surface area contributed by atoms with Crippen LogP contribution in [0.15, 0.2) is 12.1 Å². The first-order chi connectivity index (χ1) is 7.78. The summed E-state index contributed by atoms with van der Waals surface area (Å²) < 4.78 is 10.5. The summed E-state index contributed by atoms with van der Waals surface area (Å²) in [4.78, 5) is 4.46. The van der Waals surface area contributed by atoms with Gasteiger partial charge in [-0.3, -0.25) is 4.98 Å². The minimum atomic E-state index is 0.466. The number of methoxy groups -OCH3 is 1. The maximum atomic E-state index is 5.31. The molecule has 16 heavy (non-hydrogen) atoms. The van der Waals surface area contributed by atoms with Gasteiger partial charge in [0, 0.05) is 37.0 Å². The maximum Gasteiger partial charge on any atom is 0.122 e. The summed E-state index contributed by atoms with van der Waals surface area (Å²) in [5, 5.41) is 3.43. The molecule has 4 nitrogen and oxygen atoms in total. The summed E-state index contributed by atoms with van der Waals surface area (Å²) >= 11 is 0. The maximum absolute atomic E-state index is 5.31. The van der Waals surface area contributed by atoms with Crippen LogP contribution in [0.5, 0.6) is 5.75 Å². The van der Waals surface area contributed by atoms with Crippen LogP contribution in [0.2, 0.25) is 0 Å². The van der Waals surface area contributed by atoms with E-state index in [2.05, 4.69) is 10.3 Å². The molecule has 1 fully saturated rings. The molecule has 1 aliphatic rings. The molecule has 1 aromatic heterocycles. The van der Waals surface area contributed by atoms with Gasteiger partial charge >= 0.3 is 0 Å².